The average Bonchev–Trinajstić information content (AvgIpc) is 2.81. The first-order valence-corrected chi connectivity index (χ1v) is 8.08. The van der Waals surface area contributed by atoms with E-state index < -0.39 is 0 Å². The van der Waals surface area contributed by atoms with E-state index in [2.05, 4.69) is 17.2 Å². The van der Waals surface area contributed by atoms with Crippen LogP contribution >= 0.6 is 11.6 Å². The molecule has 1 N–H and O–H groups in total. The van der Waals surface area contributed by atoms with E-state index in [1.165, 1.54) is 19.3 Å². The molecule has 4 nitrogen and oxygen atoms in total. The second-order valence-electron chi connectivity index (χ2n) is 6.16. The van der Waals surface area contributed by atoms with Gasteiger partial charge < -0.3 is 5.32 Å². The fourth-order valence-corrected chi connectivity index (χ4v) is 3.33. The Labute approximate surface area is 135 Å². The molecule has 0 aliphatic heterocycles. The van der Waals surface area contributed by atoms with Crippen molar-refractivity contribution in [2.75, 3.05) is 0 Å². The first-order chi connectivity index (χ1) is 10.6. The number of nitrogens with zero attached hydrogens (tertiary/aromatic N) is 2. The molecular weight excluding hydrogens is 298 g/mol. The number of halogens is 1. The summed E-state index contributed by atoms with van der Waals surface area (Å²) in [5.74, 6) is -0.0775. The van der Waals surface area contributed by atoms with Crippen LogP contribution in [0.1, 0.15) is 44.7 Å². The summed E-state index contributed by atoms with van der Waals surface area (Å²) in [6.07, 6.45) is 10.9. The summed E-state index contributed by atoms with van der Waals surface area (Å²) in [5, 5.41) is 3.53. The minimum absolute atomic E-state index is 0.0775. The number of aromatic nitrogens is 2. The Kier molecular flexibility index (Phi) is 4.21. The Morgan fingerprint density at radius 1 is 1.36 bits per heavy atom. The highest BCUT2D eigenvalue weighted by molar-refractivity contribution is 6.31. The third-order valence-electron chi connectivity index (χ3n) is 4.30. The van der Waals surface area contributed by atoms with Crippen LogP contribution in [-0.2, 0) is 4.79 Å². The minimum atomic E-state index is -0.0804. The van der Waals surface area contributed by atoms with E-state index in [1.807, 2.05) is 28.8 Å². The predicted molar refractivity (Wildman–Crippen MR) is 88.9 cm³/mol. The summed E-state index contributed by atoms with van der Waals surface area (Å²) in [5.41, 5.74) is 1.41. The van der Waals surface area contributed by atoms with Crippen molar-refractivity contribution >= 4 is 29.2 Å². The zero-order valence-electron chi connectivity index (χ0n) is 12.7. The monoisotopic (exact) mass is 317 g/mol. The Bertz CT molecular complexity index is 714. The molecule has 0 bridgehead atoms. The third kappa shape index (κ3) is 3.17. The lowest BCUT2D eigenvalue weighted by Crippen LogP contribution is -2.46. The molecule has 0 saturated heterocycles. The van der Waals surface area contributed by atoms with Crippen molar-refractivity contribution in [3.05, 3.63) is 41.3 Å². The van der Waals surface area contributed by atoms with Crippen LogP contribution in [0.5, 0.6) is 0 Å². The van der Waals surface area contributed by atoms with Gasteiger partial charge in [0.15, 0.2) is 5.15 Å². The maximum atomic E-state index is 12.2. The lowest BCUT2D eigenvalue weighted by molar-refractivity contribution is -0.118. The van der Waals surface area contributed by atoms with Gasteiger partial charge in [-0.3, -0.25) is 9.20 Å². The fraction of sp³-hybridized carbons (Fsp3) is 0.412. The van der Waals surface area contributed by atoms with Gasteiger partial charge in [-0.1, -0.05) is 36.9 Å². The van der Waals surface area contributed by atoms with Gasteiger partial charge in [0.2, 0.25) is 5.91 Å². The second kappa shape index (κ2) is 6.13. The maximum absolute atomic E-state index is 12.2. The SMILES string of the molecule is CC1(NC(=O)/C=C/c2c(Cl)nc3ccccn23)CCCCC1. The molecule has 2 heterocycles. The van der Waals surface area contributed by atoms with Crippen LogP contribution in [0.4, 0.5) is 0 Å². The second-order valence-corrected chi connectivity index (χ2v) is 6.52. The summed E-state index contributed by atoms with van der Waals surface area (Å²) in [6, 6.07) is 5.70. The molecule has 2 aromatic heterocycles. The summed E-state index contributed by atoms with van der Waals surface area (Å²) < 4.78 is 1.87. The topological polar surface area (TPSA) is 46.4 Å². The Balaban J connectivity index is 1.75. The molecule has 22 heavy (non-hydrogen) atoms. The highest BCUT2D eigenvalue weighted by Gasteiger charge is 2.27. The lowest BCUT2D eigenvalue weighted by Gasteiger charge is -2.34. The Morgan fingerprint density at radius 3 is 2.91 bits per heavy atom. The lowest BCUT2D eigenvalue weighted by atomic mass is 9.83. The average molecular weight is 318 g/mol. The summed E-state index contributed by atoms with van der Waals surface area (Å²) in [6.45, 7) is 2.12. The van der Waals surface area contributed by atoms with Crippen molar-refractivity contribution in [3.63, 3.8) is 0 Å². The number of hydrogen-bond donors (Lipinski definition) is 1. The molecule has 3 rings (SSSR count). The van der Waals surface area contributed by atoms with Crippen LogP contribution < -0.4 is 5.32 Å². The van der Waals surface area contributed by atoms with E-state index >= 15 is 0 Å². The van der Waals surface area contributed by atoms with Crippen molar-refractivity contribution in [2.24, 2.45) is 0 Å². The van der Waals surface area contributed by atoms with Gasteiger partial charge in [-0.05, 0) is 38.0 Å². The van der Waals surface area contributed by atoms with E-state index in [4.69, 9.17) is 11.6 Å². The maximum Gasteiger partial charge on any atom is 0.244 e. The van der Waals surface area contributed by atoms with Gasteiger partial charge in [0.05, 0.1) is 5.69 Å². The number of imidazole rings is 1. The quantitative estimate of drug-likeness (QED) is 0.874. The van der Waals surface area contributed by atoms with Gasteiger partial charge >= 0.3 is 0 Å². The largest absolute Gasteiger partial charge is 0.347 e. The number of amides is 1. The van der Waals surface area contributed by atoms with Crippen LogP contribution in [0.3, 0.4) is 0 Å². The molecule has 1 amide bonds. The number of carbonyl (C=O) groups excluding carboxylic acids is 1. The van der Waals surface area contributed by atoms with E-state index in [9.17, 15) is 4.79 Å². The normalized spacial score (nSPS) is 17.9. The van der Waals surface area contributed by atoms with E-state index in [0.717, 1.165) is 24.2 Å². The van der Waals surface area contributed by atoms with Crippen LogP contribution in [0.15, 0.2) is 30.5 Å². The highest BCUT2D eigenvalue weighted by atomic mass is 35.5. The van der Waals surface area contributed by atoms with Gasteiger partial charge in [0.25, 0.3) is 0 Å². The molecule has 1 saturated carbocycles. The van der Waals surface area contributed by atoms with Gasteiger partial charge in [-0.25, -0.2) is 4.98 Å². The number of nitrogens with one attached hydrogen (secondary N) is 1. The van der Waals surface area contributed by atoms with E-state index in [0.29, 0.717) is 5.15 Å². The van der Waals surface area contributed by atoms with Crippen LogP contribution in [-0.4, -0.2) is 20.8 Å². The third-order valence-corrected chi connectivity index (χ3v) is 4.57. The number of carbonyl (C=O) groups is 1. The predicted octanol–water partition coefficient (Wildman–Crippen LogP) is 3.84. The molecule has 0 atom stereocenters. The van der Waals surface area contributed by atoms with Crippen molar-refractivity contribution in [2.45, 2.75) is 44.6 Å². The zero-order chi connectivity index (χ0) is 15.6. The number of fused-ring (bicyclic) bond motifs is 1. The number of rotatable bonds is 3. The van der Waals surface area contributed by atoms with E-state index in [1.54, 1.807) is 12.2 Å². The zero-order valence-corrected chi connectivity index (χ0v) is 13.4. The standard InChI is InChI=1S/C17H20ClN3O/c1-17(10-4-2-5-11-17)20-15(22)9-8-13-16(18)19-14-7-3-6-12-21(13)14/h3,6-9,12H,2,4-5,10-11H2,1H3,(H,20,22)/b9-8+. The smallest absolute Gasteiger partial charge is 0.244 e. The molecule has 2 aromatic rings. The van der Waals surface area contributed by atoms with Gasteiger partial charge in [-0.15, -0.1) is 0 Å². The highest BCUT2D eigenvalue weighted by Crippen LogP contribution is 2.27. The van der Waals surface area contributed by atoms with E-state index in [-0.39, 0.29) is 11.4 Å². The summed E-state index contributed by atoms with van der Waals surface area (Å²) in [7, 11) is 0. The summed E-state index contributed by atoms with van der Waals surface area (Å²) in [4.78, 5) is 16.5. The van der Waals surface area contributed by atoms with Crippen molar-refractivity contribution in [1.82, 2.24) is 14.7 Å². The summed E-state index contributed by atoms with van der Waals surface area (Å²) >= 11 is 6.16. The molecule has 0 spiro atoms. The van der Waals surface area contributed by atoms with Crippen LogP contribution in [0, 0.1) is 0 Å². The molecule has 116 valence electrons. The molecule has 0 aromatic carbocycles. The molecule has 0 radical (unpaired) electrons. The van der Waals surface area contributed by atoms with Crippen molar-refractivity contribution in [3.8, 4) is 0 Å². The molecule has 1 aliphatic carbocycles. The van der Waals surface area contributed by atoms with Crippen molar-refractivity contribution < 1.29 is 4.79 Å². The Hall–Kier alpha value is -1.81. The van der Waals surface area contributed by atoms with Crippen LogP contribution in [0.2, 0.25) is 5.15 Å². The van der Waals surface area contributed by atoms with Gasteiger partial charge in [0, 0.05) is 17.8 Å². The van der Waals surface area contributed by atoms with Gasteiger partial charge in [-0.2, -0.15) is 0 Å². The van der Waals surface area contributed by atoms with Crippen LogP contribution in [0.25, 0.3) is 11.7 Å². The van der Waals surface area contributed by atoms with Crippen molar-refractivity contribution in [1.29, 1.82) is 0 Å². The molecule has 1 aliphatic rings. The number of pyridine rings is 1. The number of hydrogen-bond acceptors (Lipinski definition) is 2. The first-order valence-electron chi connectivity index (χ1n) is 7.70. The fourth-order valence-electron chi connectivity index (χ4n) is 3.09. The molecular formula is C17H20ClN3O. The Morgan fingerprint density at radius 2 is 2.14 bits per heavy atom. The minimum Gasteiger partial charge on any atom is -0.347 e. The molecule has 0 unspecified atom stereocenters. The first kappa shape index (κ1) is 15.1. The van der Waals surface area contributed by atoms with Gasteiger partial charge in [0.1, 0.15) is 5.65 Å². The molecule has 5 heteroatoms. The molecule has 1 fully saturated rings.